The van der Waals surface area contributed by atoms with E-state index in [1.165, 1.54) is 25.9 Å². The van der Waals surface area contributed by atoms with E-state index in [1.807, 2.05) is 55.5 Å². The minimum absolute atomic E-state index is 0.0906. The molecule has 2 aliphatic rings. The SMILES string of the molecule is C[C@H]1[C@@H](c2ccc(OCCCN3CCCC3)cc2)Oc2ccccc2S1=O. The zero-order valence-corrected chi connectivity index (χ0v) is 16.6. The largest absolute Gasteiger partial charge is 0.494 e. The van der Waals surface area contributed by atoms with Crippen molar-refractivity contribution < 1.29 is 13.7 Å². The van der Waals surface area contributed by atoms with E-state index in [0.29, 0.717) is 0 Å². The second-order valence-corrected chi connectivity index (χ2v) is 9.09. The van der Waals surface area contributed by atoms with Crippen LogP contribution in [0.2, 0.25) is 0 Å². The molecule has 0 bridgehead atoms. The Morgan fingerprint density at radius 2 is 1.85 bits per heavy atom. The van der Waals surface area contributed by atoms with E-state index < -0.39 is 10.8 Å². The third kappa shape index (κ3) is 4.19. The summed E-state index contributed by atoms with van der Waals surface area (Å²) in [7, 11) is -1.06. The van der Waals surface area contributed by atoms with Gasteiger partial charge in [0.05, 0.1) is 27.6 Å². The summed E-state index contributed by atoms with van der Waals surface area (Å²) in [5.74, 6) is 1.60. The number of benzene rings is 2. The van der Waals surface area contributed by atoms with Gasteiger partial charge in [0.25, 0.3) is 0 Å². The third-order valence-corrected chi connectivity index (χ3v) is 7.07. The average Bonchev–Trinajstić information content (AvgIpc) is 3.22. The fourth-order valence-electron chi connectivity index (χ4n) is 3.84. The molecule has 4 nitrogen and oxygen atoms in total. The minimum atomic E-state index is -1.06. The molecular formula is C22H27NO3S. The number of likely N-dealkylation sites (tertiary alicyclic amines) is 1. The zero-order chi connectivity index (χ0) is 18.6. The van der Waals surface area contributed by atoms with Crippen LogP contribution in [0.3, 0.4) is 0 Å². The van der Waals surface area contributed by atoms with Crippen LogP contribution in [-0.4, -0.2) is 40.6 Å². The number of fused-ring (bicyclic) bond motifs is 1. The van der Waals surface area contributed by atoms with Gasteiger partial charge in [-0.15, -0.1) is 0 Å². The fraction of sp³-hybridized carbons (Fsp3) is 0.455. The van der Waals surface area contributed by atoms with Crippen LogP contribution in [0, 0.1) is 0 Å². The Balaban J connectivity index is 1.35. The molecular weight excluding hydrogens is 358 g/mol. The van der Waals surface area contributed by atoms with Gasteiger partial charge in [-0.05, 0) is 69.1 Å². The lowest BCUT2D eigenvalue weighted by Crippen LogP contribution is -2.30. The molecule has 0 N–H and O–H groups in total. The van der Waals surface area contributed by atoms with Crippen molar-refractivity contribution in [3.05, 3.63) is 54.1 Å². The predicted octanol–water partition coefficient (Wildman–Crippen LogP) is 4.18. The fourth-order valence-corrected chi connectivity index (χ4v) is 5.20. The molecule has 2 aliphatic heterocycles. The minimum Gasteiger partial charge on any atom is -0.494 e. The summed E-state index contributed by atoms with van der Waals surface area (Å²) in [6.07, 6.45) is 3.52. The molecule has 5 heteroatoms. The Morgan fingerprint density at radius 1 is 1.11 bits per heavy atom. The van der Waals surface area contributed by atoms with E-state index in [4.69, 9.17) is 9.47 Å². The quantitative estimate of drug-likeness (QED) is 0.699. The summed E-state index contributed by atoms with van der Waals surface area (Å²) >= 11 is 0. The molecule has 2 aromatic carbocycles. The first-order valence-electron chi connectivity index (χ1n) is 9.84. The molecule has 144 valence electrons. The van der Waals surface area contributed by atoms with E-state index in [2.05, 4.69) is 4.90 Å². The van der Waals surface area contributed by atoms with Gasteiger partial charge in [0.1, 0.15) is 17.6 Å². The van der Waals surface area contributed by atoms with Crippen LogP contribution in [-0.2, 0) is 10.8 Å². The average molecular weight is 386 g/mol. The van der Waals surface area contributed by atoms with E-state index in [1.54, 1.807) is 0 Å². The molecule has 0 saturated carbocycles. The lowest BCUT2D eigenvalue weighted by Gasteiger charge is -2.31. The highest BCUT2D eigenvalue weighted by Gasteiger charge is 2.33. The van der Waals surface area contributed by atoms with E-state index in [-0.39, 0.29) is 11.4 Å². The highest BCUT2D eigenvalue weighted by Crippen LogP contribution is 2.38. The third-order valence-electron chi connectivity index (χ3n) is 5.38. The van der Waals surface area contributed by atoms with Gasteiger partial charge >= 0.3 is 0 Å². The van der Waals surface area contributed by atoms with E-state index in [0.717, 1.165) is 41.5 Å². The summed E-state index contributed by atoms with van der Waals surface area (Å²) in [6, 6.07) is 15.6. The van der Waals surface area contributed by atoms with Crippen LogP contribution in [0.25, 0.3) is 0 Å². The van der Waals surface area contributed by atoms with Crippen molar-refractivity contribution in [2.24, 2.45) is 0 Å². The van der Waals surface area contributed by atoms with Crippen molar-refractivity contribution >= 4 is 10.8 Å². The van der Waals surface area contributed by atoms with Crippen molar-refractivity contribution in [3.8, 4) is 11.5 Å². The van der Waals surface area contributed by atoms with Gasteiger partial charge in [0.2, 0.25) is 0 Å². The first-order chi connectivity index (χ1) is 13.2. The van der Waals surface area contributed by atoms with Crippen molar-refractivity contribution in [2.75, 3.05) is 26.2 Å². The molecule has 0 aromatic heterocycles. The van der Waals surface area contributed by atoms with Crippen LogP contribution in [0.4, 0.5) is 0 Å². The molecule has 1 saturated heterocycles. The molecule has 1 fully saturated rings. The Kier molecular flexibility index (Phi) is 5.79. The summed E-state index contributed by atoms with van der Waals surface area (Å²) < 4.78 is 24.8. The van der Waals surface area contributed by atoms with Gasteiger partial charge in [-0.25, -0.2) is 0 Å². The van der Waals surface area contributed by atoms with Gasteiger partial charge in [-0.2, -0.15) is 0 Å². The number of para-hydroxylation sites is 1. The molecule has 0 spiro atoms. The molecule has 3 atom stereocenters. The summed E-state index contributed by atoms with van der Waals surface area (Å²) in [5.41, 5.74) is 1.04. The Labute approximate surface area is 163 Å². The maximum atomic E-state index is 12.8. The molecule has 0 amide bonds. The van der Waals surface area contributed by atoms with Gasteiger partial charge < -0.3 is 14.4 Å². The van der Waals surface area contributed by atoms with E-state index in [9.17, 15) is 4.21 Å². The second kappa shape index (κ2) is 8.44. The van der Waals surface area contributed by atoms with Crippen molar-refractivity contribution in [1.82, 2.24) is 4.90 Å². The lowest BCUT2D eigenvalue weighted by molar-refractivity contribution is 0.192. The van der Waals surface area contributed by atoms with Crippen LogP contribution in [0.1, 0.15) is 37.9 Å². The number of rotatable bonds is 6. The topological polar surface area (TPSA) is 38.8 Å². The van der Waals surface area contributed by atoms with Crippen LogP contribution in [0.15, 0.2) is 53.4 Å². The first kappa shape index (κ1) is 18.5. The maximum absolute atomic E-state index is 12.8. The van der Waals surface area contributed by atoms with Crippen LogP contribution >= 0.6 is 0 Å². The number of ether oxygens (including phenoxy) is 2. The molecule has 2 heterocycles. The highest BCUT2D eigenvalue weighted by atomic mass is 32.2. The smallest absolute Gasteiger partial charge is 0.138 e. The second-order valence-electron chi connectivity index (χ2n) is 7.31. The van der Waals surface area contributed by atoms with Gasteiger partial charge in [0, 0.05) is 6.54 Å². The van der Waals surface area contributed by atoms with Crippen molar-refractivity contribution in [3.63, 3.8) is 0 Å². The Morgan fingerprint density at radius 3 is 2.63 bits per heavy atom. The van der Waals surface area contributed by atoms with E-state index >= 15 is 0 Å². The summed E-state index contributed by atoms with van der Waals surface area (Å²) in [5, 5.41) is -0.0906. The maximum Gasteiger partial charge on any atom is 0.138 e. The first-order valence-corrected chi connectivity index (χ1v) is 11.0. The van der Waals surface area contributed by atoms with Crippen LogP contribution in [0.5, 0.6) is 11.5 Å². The van der Waals surface area contributed by atoms with Gasteiger partial charge in [-0.1, -0.05) is 24.3 Å². The molecule has 0 radical (unpaired) electrons. The van der Waals surface area contributed by atoms with Gasteiger partial charge in [-0.3, -0.25) is 4.21 Å². The zero-order valence-electron chi connectivity index (χ0n) is 15.8. The Hall–Kier alpha value is -1.85. The molecule has 1 unspecified atom stereocenters. The van der Waals surface area contributed by atoms with Crippen LogP contribution < -0.4 is 9.47 Å². The standard InChI is InChI=1S/C22H27NO3S/c1-17-22(26-20-7-2-3-8-21(20)27(17)24)18-9-11-19(12-10-18)25-16-6-15-23-13-4-5-14-23/h2-3,7-12,17,22H,4-6,13-16H2,1H3/t17-,22-,27?/m0/s1. The highest BCUT2D eigenvalue weighted by molar-refractivity contribution is 7.85. The normalized spacial score (nSPS) is 25.0. The summed E-state index contributed by atoms with van der Waals surface area (Å²) in [4.78, 5) is 3.30. The monoisotopic (exact) mass is 385 g/mol. The molecule has 27 heavy (non-hydrogen) atoms. The van der Waals surface area contributed by atoms with Gasteiger partial charge in [0.15, 0.2) is 0 Å². The number of hydrogen-bond acceptors (Lipinski definition) is 4. The molecule has 4 rings (SSSR count). The number of nitrogens with zero attached hydrogens (tertiary/aromatic N) is 1. The molecule has 0 aliphatic carbocycles. The lowest BCUT2D eigenvalue weighted by atomic mass is 10.1. The molecule has 2 aromatic rings. The summed E-state index contributed by atoms with van der Waals surface area (Å²) in [6.45, 7) is 6.32. The predicted molar refractivity (Wildman–Crippen MR) is 108 cm³/mol. The van der Waals surface area contributed by atoms with Crippen molar-refractivity contribution in [1.29, 1.82) is 0 Å². The number of hydrogen-bond donors (Lipinski definition) is 0. The van der Waals surface area contributed by atoms with Crippen molar-refractivity contribution in [2.45, 2.75) is 42.4 Å². The Bertz CT molecular complexity index is 786.